The summed E-state index contributed by atoms with van der Waals surface area (Å²) >= 11 is 0. The number of ether oxygens (including phenoxy) is 4. The molecule has 0 bridgehead atoms. The van der Waals surface area contributed by atoms with Crippen LogP contribution in [-0.2, 0) is 18.9 Å². The molecule has 0 aromatic heterocycles. The van der Waals surface area contributed by atoms with Crippen LogP contribution in [0.15, 0.2) is 141 Å². The van der Waals surface area contributed by atoms with Crippen LogP contribution in [0.2, 0.25) is 0 Å². The second kappa shape index (κ2) is 23.0. The highest BCUT2D eigenvalue weighted by molar-refractivity contribution is 5.99. The summed E-state index contributed by atoms with van der Waals surface area (Å²) in [6.45, 7) is 15.0. The Balaban J connectivity index is 0.000000186. The number of likely N-dealkylation sites (N-methyl/N-ethyl adjacent to an activating group) is 2. The van der Waals surface area contributed by atoms with Gasteiger partial charge in [0.05, 0.1) is 24.9 Å². The Morgan fingerprint density at radius 2 is 0.742 bits per heavy atom. The summed E-state index contributed by atoms with van der Waals surface area (Å²) in [6, 6.07) is 43.1. The summed E-state index contributed by atoms with van der Waals surface area (Å²) in [5, 5.41) is 0. The Hall–Kier alpha value is -5.64. The molecule has 4 aliphatic heterocycles. The minimum atomic E-state index is 0.140. The minimum Gasteiger partial charge on any atom is -0.478 e. The fourth-order valence-corrected chi connectivity index (χ4v) is 8.76. The molecule has 6 atom stereocenters. The lowest BCUT2D eigenvalue weighted by molar-refractivity contribution is 0.288. The Kier molecular flexibility index (Phi) is 16.5. The molecular formula is C52H66N6O4. The van der Waals surface area contributed by atoms with Crippen LogP contribution in [0.5, 0.6) is 0 Å². The summed E-state index contributed by atoms with van der Waals surface area (Å²) in [6.07, 6.45) is 5.40. The molecular weight excluding hydrogens is 773 g/mol. The Bertz CT molecular complexity index is 1770. The number of benzene rings is 4. The van der Waals surface area contributed by atoms with Crippen molar-refractivity contribution < 1.29 is 18.9 Å². The van der Waals surface area contributed by atoms with E-state index in [1.165, 1.54) is 22.5 Å². The summed E-state index contributed by atoms with van der Waals surface area (Å²) in [4.78, 5) is 24.0. The average molecular weight is 839 g/mol. The van der Waals surface area contributed by atoms with Crippen molar-refractivity contribution in [2.45, 2.75) is 102 Å². The topological polar surface area (TPSA) is 92.8 Å². The average Bonchev–Trinajstić information content (AvgIpc) is 4.17. The normalized spacial score (nSPS) is 21.1. The van der Waals surface area contributed by atoms with E-state index in [-0.39, 0.29) is 24.2 Å². The van der Waals surface area contributed by atoms with Gasteiger partial charge in [-0.25, -0.2) is 20.0 Å². The van der Waals surface area contributed by atoms with Crippen LogP contribution in [0.1, 0.15) is 89.2 Å². The van der Waals surface area contributed by atoms with Gasteiger partial charge in [-0.1, -0.05) is 111 Å². The van der Waals surface area contributed by atoms with Crippen molar-refractivity contribution in [1.29, 1.82) is 0 Å². The third kappa shape index (κ3) is 12.7. The molecule has 0 radical (unpaired) electrons. The number of para-hydroxylation sites is 2. The standard InChI is InChI=1S/C27H34N2O2.C25H32N4O2/c1-3-20(22-11-7-5-8-12-22)15-24-18-30-26(28-24)17-27-29-25(19-31-27)16-21(4-2)23-13-9-6-10-14-23;1-3-28(22-11-7-5-8-12-22)16-20-18-30-24(26-20)15-25-27-21(19-31-25)17-29(4-2)23-13-9-6-10-14-23/h5-14,20-21,24-25H,3-4,15-19H2,1-2H3;5-14,20-21H,3-4,15-19H2,1-2H3. The molecule has 0 aliphatic carbocycles. The SMILES string of the molecule is CCC(CC1COC(CC2=NC(CC(CC)c3ccccc3)CO2)=N1)c1ccccc1.CCN(CC1COC(CC2=NC(CN(CC)c3ccccc3)CO2)=N1)c1ccccc1. The van der Waals surface area contributed by atoms with E-state index in [1.807, 2.05) is 12.1 Å². The zero-order valence-electron chi connectivity index (χ0n) is 37.2. The van der Waals surface area contributed by atoms with Crippen LogP contribution in [0.25, 0.3) is 0 Å². The maximum atomic E-state index is 5.90. The number of aliphatic imine (C=N–C) groups is 4. The quantitative estimate of drug-likeness (QED) is 0.0880. The molecule has 0 amide bonds. The third-order valence-corrected chi connectivity index (χ3v) is 12.2. The van der Waals surface area contributed by atoms with E-state index >= 15 is 0 Å². The first kappa shape index (κ1) is 44.4. The molecule has 62 heavy (non-hydrogen) atoms. The molecule has 6 unspecified atom stereocenters. The van der Waals surface area contributed by atoms with Gasteiger partial charge in [0.2, 0.25) is 0 Å². The molecule has 10 nitrogen and oxygen atoms in total. The van der Waals surface area contributed by atoms with Crippen molar-refractivity contribution >= 4 is 35.0 Å². The number of rotatable bonds is 20. The van der Waals surface area contributed by atoms with E-state index in [1.54, 1.807) is 0 Å². The predicted molar refractivity (Wildman–Crippen MR) is 255 cm³/mol. The lowest BCUT2D eigenvalue weighted by atomic mass is 9.90. The zero-order chi connectivity index (χ0) is 42.9. The summed E-state index contributed by atoms with van der Waals surface area (Å²) in [7, 11) is 0. The van der Waals surface area contributed by atoms with Gasteiger partial charge in [-0.05, 0) is 86.8 Å². The summed E-state index contributed by atoms with van der Waals surface area (Å²) < 4.78 is 23.5. The molecule has 10 heteroatoms. The molecule has 8 rings (SSSR count). The van der Waals surface area contributed by atoms with E-state index in [9.17, 15) is 0 Å². The molecule has 0 saturated carbocycles. The van der Waals surface area contributed by atoms with Crippen LogP contribution in [-0.4, -0.2) is 100 Å². The van der Waals surface area contributed by atoms with Gasteiger partial charge < -0.3 is 28.7 Å². The number of hydrogen-bond acceptors (Lipinski definition) is 10. The molecule has 4 aliphatic rings. The maximum absolute atomic E-state index is 5.90. The van der Waals surface area contributed by atoms with Crippen molar-refractivity contribution in [3.63, 3.8) is 0 Å². The zero-order valence-corrected chi connectivity index (χ0v) is 37.2. The second-order valence-corrected chi connectivity index (χ2v) is 16.6. The first-order chi connectivity index (χ1) is 30.5. The smallest absolute Gasteiger partial charge is 0.193 e. The van der Waals surface area contributed by atoms with Crippen molar-refractivity contribution in [3.05, 3.63) is 132 Å². The molecule has 4 heterocycles. The van der Waals surface area contributed by atoms with Crippen molar-refractivity contribution in [1.82, 2.24) is 0 Å². The van der Waals surface area contributed by atoms with Gasteiger partial charge in [-0.15, -0.1) is 0 Å². The summed E-state index contributed by atoms with van der Waals surface area (Å²) in [5.41, 5.74) is 5.23. The largest absolute Gasteiger partial charge is 0.478 e. The second-order valence-electron chi connectivity index (χ2n) is 16.6. The molecule has 0 saturated heterocycles. The Morgan fingerprint density at radius 1 is 0.435 bits per heavy atom. The molecule has 0 fully saturated rings. The van der Waals surface area contributed by atoms with Gasteiger partial charge in [0.15, 0.2) is 23.6 Å². The lowest BCUT2D eigenvalue weighted by Gasteiger charge is -2.24. The van der Waals surface area contributed by atoms with Crippen LogP contribution in [0.3, 0.4) is 0 Å². The van der Waals surface area contributed by atoms with Gasteiger partial charge in [0.1, 0.15) is 38.5 Å². The maximum Gasteiger partial charge on any atom is 0.193 e. The van der Waals surface area contributed by atoms with Crippen LogP contribution in [0.4, 0.5) is 11.4 Å². The van der Waals surface area contributed by atoms with E-state index in [2.05, 4.69) is 147 Å². The fourth-order valence-electron chi connectivity index (χ4n) is 8.76. The van der Waals surface area contributed by atoms with Crippen LogP contribution >= 0.6 is 0 Å². The minimum absolute atomic E-state index is 0.140. The lowest BCUT2D eigenvalue weighted by Crippen LogP contribution is -2.32. The van der Waals surface area contributed by atoms with Gasteiger partial charge in [-0.3, -0.25) is 0 Å². The van der Waals surface area contributed by atoms with Gasteiger partial charge in [0, 0.05) is 37.6 Å². The number of anilines is 2. The number of hydrogen-bond donors (Lipinski definition) is 0. The monoisotopic (exact) mass is 839 g/mol. The van der Waals surface area contributed by atoms with Crippen molar-refractivity contribution in [3.8, 4) is 0 Å². The third-order valence-electron chi connectivity index (χ3n) is 12.2. The first-order valence-electron chi connectivity index (χ1n) is 23.0. The molecule has 4 aromatic rings. The van der Waals surface area contributed by atoms with Gasteiger partial charge >= 0.3 is 0 Å². The number of nitrogens with zero attached hydrogens (tertiary/aromatic N) is 6. The van der Waals surface area contributed by atoms with Crippen LogP contribution < -0.4 is 9.80 Å². The van der Waals surface area contributed by atoms with E-state index in [0.717, 1.165) is 75.5 Å². The highest BCUT2D eigenvalue weighted by Crippen LogP contribution is 2.30. The molecule has 328 valence electrons. The highest BCUT2D eigenvalue weighted by atomic mass is 16.5. The Morgan fingerprint density at radius 3 is 1.06 bits per heavy atom. The van der Waals surface area contributed by atoms with E-state index in [4.69, 9.17) is 38.9 Å². The van der Waals surface area contributed by atoms with Gasteiger partial charge in [-0.2, -0.15) is 0 Å². The molecule has 4 aromatic carbocycles. The molecule has 0 spiro atoms. The molecule has 0 N–H and O–H groups in total. The predicted octanol–water partition coefficient (Wildman–Crippen LogP) is 10.2. The Labute approximate surface area is 369 Å². The highest BCUT2D eigenvalue weighted by Gasteiger charge is 2.29. The summed E-state index contributed by atoms with van der Waals surface area (Å²) in [5.74, 6) is 4.08. The van der Waals surface area contributed by atoms with E-state index in [0.29, 0.717) is 51.1 Å². The fraction of sp³-hybridized carbons (Fsp3) is 0.462. The van der Waals surface area contributed by atoms with E-state index < -0.39 is 0 Å². The van der Waals surface area contributed by atoms with Crippen molar-refractivity contribution in [2.24, 2.45) is 20.0 Å². The first-order valence-corrected chi connectivity index (χ1v) is 23.0. The van der Waals surface area contributed by atoms with Gasteiger partial charge in [0.25, 0.3) is 0 Å². The van der Waals surface area contributed by atoms with Crippen molar-refractivity contribution in [2.75, 3.05) is 62.4 Å². The van der Waals surface area contributed by atoms with Crippen LogP contribution in [0, 0.1) is 0 Å².